The molecule has 4 nitrogen and oxygen atoms in total. The van der Waals surface area contributed by atoms with Gasteiger partial charge in [0.05, 0.1) is 10.9 Å². The van der Waals surface area contributed by atoms with Gasteiger partial charge in [0.2, 0.25) is 0 Å². The highest BCUT2D eigenvalue weighted by molar-refractivity contribution is 6.31. The molecule has 1 aromatic carbocycles. The van der Waals surface area contributed by atoms with E-state index in [2.05, 4.69) is 5.32 Å². The Kier molecular flexibility index (Phi) is 6.62. The fourth-order valence-corrected chi connectivity index (χ4v) is 2.05. The third-order valence-corrected chi connectivity index (χ3v) is 3.54. The third-order valence-electron chi connectivity index (χ3n) is 3.26. The summed E-state index contributed by atoms with van der Waals surface area (Å²) in [6.07, 6.45) is 1.95. The van der Waals surface area contributed by atoms with E-state index in [4.69, 9.17) is 16.7 Å². The van der Waals surface area contributed by atoms with E-state index in [1.807, 2.05) is 6.92 Å². The maximum absolute atomic E-state index is 13.0. The number of amides is 1. The highest BCUT2D eigenvalue weighted by Crippen LogP contribution is 2.16. The summed E-state index contributed by atoms with van der Waals surface area (Å²) < 4.78 is 13.0. The highest BCUT2D eigenvalue weighted by atomic mass is 35.5. The molecule has 1 amide bonds. The van der Waals surface area contributed by atoms with Crippen molar-refractivity contribution < 1.29 is 19.1 Å². The minimum atomic E-state index is -0.812. The summed E-state index contributed by atoms with van der Waals surface area (Å²) in [5, 5.41) is 11.5. The molecule has 0 aliphatic rings. The van der Waals surface area contributed by atoms with Crippen LogP contribution in [0.4, 0.5) is 4.39 Å². The van der Waals surface area contributed by atoms with E-state index in [9.17, 15) is 14.0 Å². The van der Waals surface area contributed by atoms with E-state index in [-0.39, 0.29) is 22.9 Å². The second-order valence-corrected chi connectivity index (χ2v) is 5.58. The van der Waals surface area contributed by atoms with Crippen LogP contribution in [0.5, 0.6) is 0 Å². The van der Waals surface area contributed by atoms with Gasteiger partial charge in [-0.25, -0.2) is 4.39 Å². The van der Waals surface area contributed by atoms with Crippen LogP contribution in [0.1, 0.15) is 43.5 Å². The standard InChI is InChI=1S/C15H19ClFNO3/c1-9(15(20)21)4-3-5-10(2)18-14(19)11-6-7-13(17)12(16)8-11/h6-10H,3-5H2,1-2H3,(H,18,19)(H,20,21). The van der Waals surface area contributed by atoms with Crippen LogP contribution in [0.15, 0.2) is 18.2 Å². The number of halogens is 2. The minimum absolute atomic E-state index is 0.0920. The molecule has 21 heavy (non-hydrogen) atoms. The van der Waals surface area contributed by atoms with E-state index >= 15 is 0 Å². The zero-order valence-corrected chi connectivity index (χ0v) is 12.8. The molecule has 0 saturated heterocycles. The van der Waals surface area contributed by atoms with Crippen molar-refractivity contribution in [2.24, 2.45) is 5.92 Å². The van der Waals surface area contributed by atoms with E-state index < -0.39 is 11.8 Å². The van der Waals surface area contributed by atoms with Gasteiger partial charge in [0.25, 0.3) is 5.91 Å². The SMILES string of the molecule is CC(CCCC(C)C(=O)O)NC(=O)c1ccc(F)c(Cl)c1. The summed E-state index contributed by atoms with van der Waals surface area (Å²) in [7, 11) is 0. The molecule has 2 atom stereocenters. The summed E-state index contributed by atoms with van der Waals surface area (Å²) in [4.78, 5) is 22.6. The van der Waals surface area contributed by atoms with Gasteiger partial charge in [-0.05, 0) is 38.0 Å². The molecule has 1 rings (SSSR count). The molecular weight excluding hydrogens is 297 g/mol. The Balaban J connectivity index is 2.43. The fraction of sp³-hybridized carbons (Fsp3) is 0.467. The molecule has 6 heteroatoms. The highest BCUT2D eigenvalue weighted by Gasteiger charge is 2.14. The number of aliphatic carboxylic acids is 1. The number of carbonyl (C=O) groups is 2. The lowest BCUT2D eigenvalue weighted by molar-refractivity contribution is -0.141. The van der Waals surface area contributed by atoms with Crippen LogP contribution in [0, 0.1) is 11.7 Å². The average molecular weight is 316 g/mol. The van der Waals surface area contributed by atoms with E-state index in [1.54, 1.807) is 6.92 Å². The van der Waals surface area contributed by atoms with Crippen LogP contribution >= 0.6 is 11.6 Å². The number of rotatable bonds is 7. The van der Waals surface area contributed by atoms with Crippen molar-refractivity contribution in [3.63, 3.8) is 0 Å². The predicted molar refractivity (Wildman–Crippen MR) is 79.0 cm³/mol. The maximum Gasteiger partial charge on any atom is 0.306 e. The summed E-state index contributed by atoms with van der Waals surface area (Å²) >= 11 is 5.63. The molecule has 1 aromatic rings. The van der Waals surface area contributed by atoms with Crippen molar-refractivity contribution in [3.05, 3.63) is 34.6 Å². The quantitative estimate of drug-likeness (QED) is 0.809. The molecule has 0 fully saturated rings. The number of carboxylic acid groups (broad SMARTS) is 1. The first-order valence-corrected chi connectivity index (χ1v) is 7.17. The van der Waals surface area contributed by atoms with Crippen LogP contribution in [-0.4, -0.2) is 23.0 Å². The lowest BCUT2D eigenvalue weighted by atomic mass is 10.0. The summed E-state index contributed by atoms with van der Waals surface area (Å²) in [5.74, 6) is -2.09. The number of hydrogen-bond acceptors (Lipinski definition) is 2. The van der Waals surface area contributed by atoms with E-state index in [1.165, 1.54) is 12.1 Å². The lowest BCUT2D eigenvalue weighted by Crippen LogP contribution is -2.32. The van der Waals surface area contributed by atoms with Gasteiger partial charge in [-0.2, -0.15) is 0 Å². The molecular formula is C15H19ClFNO3. The normalized spacial score (nSPS) is 13.5. The molecule has 0 aliphatic heterocycles. The van der Waals surface area contributed by atoms with Crippen LogP contribution in [0.25, 0.3) is 0 Å². The van der Waals surface area contributed by atoms with Gasteiger partial charge in [-0.1, -0.05) is 24.9 Å². The zero-order chi connectivity index (χ0) is 16.0. The van der Waals surface area contributed by atoms with Crippen LogP contribution < -0.4 is 5.32 Å². The van der Waals surface area contributed by atoms with Gasteiger partial charge in [0.15, 0.2) is 0 Å². The summed E-state index contributed by atoms with van der Waals surface area (Å²) in [6.45, 7) is 3.50. The molecule has 0 aromatic heterocycles. The van der Waals surface area contributed by atoms with Crippen molar-refractivity contribution in [1.82, 2.24) is 5.32 Å². The first-order valence-electron chi connectivity index (χ1n) is 6.80. The van der Waals surface area contributed by atoms with Crippen LogP contribution in [-0.2, 0) is 4.79 Å². The van der Waals surface area contributed by atoms with E-state index in [0.717, 1.165) is 6.07 Å². The topological polar surface area (TPSA) is 66.4 Å². The molecule has 0 heterocycles. The Morgan fingerprint density at radius 3 is 2.57 bits per heavy atom. The van der Waals surface area contributed by atoms with Crippen LogP contribution in [0.3, 0.4) is 0 Å². The monoisotopic (exact) mass is 315 g/mol. The second kappa shape index (κ2) is 7.98. The minimum Gasteiger partial charge on any atom is -0.481 e. The van der Waals surface area contributed by atoms with Crippen molar-refractivity contribution in [1.29, 1.82) is 0 Å². The third kappa shape index (κ3) is 5.71. The zero-order valence-electron chi connectivity index (χ0n) is 12.0. The molecule has 0 bridgehead atoms. The molecule has 2 N–H and O–H groups in total. The van der Waals surface area contributed by atoms with Crippen molar-refractivity contribution >= 4 is 23.5 Å². The number of benzene rings is 1. The smallest absolute Gasteiger partial charge is 0.306 e. The molecule has 0 spiro atoms. The Morgan fingerprint density at radius 2 is 2.00 bits per heavy atom. The second-order valence-electron chi connectivity index (χ2n) is 5.17. The van der Waals surface area contributed by atoms with Gasteiger partial charge in [0.1, 0.15) is 5.82 Å². The van der Waals surface area contributed by atoms with Gasteiger partial charge in [0, 0.05) is 11.6 Å². The fourth-order valence-electron chi connectivity index (χ4n) is 1.87. The lowest BCUT2D eigenvalue weighted by Gasteiger charge is -2.14. The van der Waals surface area contributed by atoms with Gasteiger partial charge in [-0.3, -0.25) is 9.59 Å². The number of carbonyl (C=O) groups excluding carboxylic acids is 1. The molecule has 0 radical (unpaired) electrons. The van der Waals surface area contributed by atoms with Crippen molar-refractivity contribution in [2.45, 2.75) is 39.2 Å². The van der Waals surface area contributed by atoms with Gasteiger partial charge >= 0.3 is 5.97 Å². The number of nitrogens with one attached hydrogen (secondary N) is 1. The average Bonchev–Trinajstić information content (AvgIpc) is 2.41. The molecule has 0 saturated carbocycles. The maximum atomic E-state index is 13.0. The molecule has 2 unspecified atom stereocenters. The molecule has 0 aliphatic carbocycles. The first-order chi connectivity index (χ1) is 9.81. The van der Waals surface area contributed by atoms with Crippen LogP contribution in [0.2, 0.25) is 5.02 Å². The van der Waals surface area contributed by atoms with Crippen molar-refractivity contribution in [2.75, 3.05) is 0 Å². The Bertz CT molecular complexity index is 522. The Labute approximate surface area is 128 Å². The summed E-state index contributed by atoms with van der Waals surface area (Å²) in [6, 6.07) is 3.71. The first kappa shape index (κ1) is 17.4. The van der Waals surface area contributed by atoms with Crippen molar-refractivity contribution in [3.8, 4) is 0 Å². The van der Waals surface area contributed by atoms with E-state index in [0.29, 0.717) is 24.8 Å². The van der Waals surface area contributed by atoms with Gasteiger partial charge < -0.3 is 10.4 Å². The predicted octanol–water partition coefficient (Wildman–Crippen LogP) is 3.49. The number of hydrogen-bond donors (Lipinski definition) is 2. The van der Waals surface area contributed by atoms with Gasteiger partial charge in [-0.15, -0.1) is 0 Å². The largest absolute Gasteiger partial charge is 0.481 e. The number of carboxylic acids is 1. The summed E-state index contributed by atoms with van der Waals surface area (Å²) in [5.41, 5.74) is 0.298. The Hall–Kier alpha value is -1.62. The Morgan fingerprint density at radius 1 is 1.33 bits per heavy atom. The molecule has 116 valence electrons.